The lowest BCUT2D eigenvalue weighted by Crippen LogP contribution is -2.18. The Bertz CT molecular complexity index is 534. The normalized spacial score (nSPS) is 12.7. The van der Waals surface area contributed by atoms with Gasteiger partial charge in [0.05, 0.1) is 24.2 Å². The Morgan fingerprint density at radius 3 is 2.68 bits per heavy atom. The molecule has 4 heteroatoms. The van der Waals surface area contributed by atoms with Gasteiger partial charge in [0.25, 0.3) is 0 Å². The van der Waals surface area contributed by atoms with Crippen LogP contribution in [0.5, 0.6) is 5.75 Å². The van der Waals surface area contributed by atoms with Crippen molar-refractivity contribution in [2.75, 3.05) is 7.05 Å². The third-order valence-electron chi connectivity index (χ3n) is 2.87. The quantitative estimate of drug-likeness (QED) is 0.896. The molecule has 0 fully saturated rings. The minimum absolute atomic E-state index is 0.0805. The molecule has 1 aromatic carbocycles. The molecule has 2 aromatic rings. The van der Waals surface area contributed by atoms with Crippen molar-refractivity contribution in [2.45, 2.75) is 26.0 Å². The van der Waals surface area contributed by atoms with Crippen LogP contribution in [0.15, 0.2) is 36.8 Å². The fourth-order valence-electron chi connectivity index (χ4n) is 2.11. The SMILES string of the molecule is CNC(c1cccc(OC(C)C)c1)c1cn(C)cn1. The number of hydrogen-bond donors (Lipinski definition) is 1. The number of hydrogen-bond acceptors (Lipinski definition) is 3. The smallest absolute Gasteiger partial charge is 0.120 e. The maximum absolute atomic E-state index is 5.74. The summed E-state index contributed by atoms with van der Waals surface area (Å²) in [4.78, 5) is 4.41. The second kappa shape index (κ2) is 5.89. The first-order valence-corrected chi connectivity index (χ1v) is 6.52. The molecule has 1 aromatic heterocycles. The molecule has 102 valence electrons. The van der Waals surface area contributed by atoms with Crippen LogP contribution in [0.2, 0.25) is 0 Å². The average Bonchev–Trinajstić information content (AvgIpc) is 2.76. The molecule has 19 heavy (non-hydrogen) atoms. The Balaban J connectivity index is 2.28. The molecule has 0 aliphatic heterocycles. The van der Waals surface area contributed by atoms with Crippen molar-refractivity contribution in [1.82, 2.24) is 14.9 Å². The predicted octanol–water partition coefficient (Wildman–Crippen LogP) is 2.52. The van der Waals surface area contributed by atoms with Gasteiger partial charge in [-0.1, -0.05) is 12.1 Å². The van der Waals surface area contributed by atoms with Crippen LogP contribution >= 0.6 is 0 Å². The summed E-state index contributed by atoms with van der Waals surface area (Å²) in [6.45, 7) is 4.06. The second-order valence-corrected chi connectivity index (χ2v) is 4.92. The van der Waals surface area contributed by atoms with Gasteiger partial charge in [0.1, 0.15) is 5.75 Å². The second-order valence-electron chi connectivity index (χ2n) is 4.92. The lowest BCUT2D eigenvalue weighted by atomic mass is 10.0. The van der Waals surface area contributed by atoms with Gasteiger partial charge in [-0.25, -0.2) is 4.98 Å². The van der Waals surface area contributed by atoms with E-state index < -0.39 is 0 Å². The molecule has 0 bridgehead atoms. The number of aryl methyl sites for hydroxylation is 1. The highest BCUT2D eigenvalue weighted by molar-refractivity contribution is 5.34. The standard InChI is InChI=1S/C15H21N3O/c1-11(2)19-13-7-5-6-12(8-13)15(16-3)14-9-18(4)10-17-14/h5-11,15-16H,1-4H3. The fourth-order valence-corrected chi connectivity index (χ4v) is 2.11. The monoisotopic (exact) mass is 259 g/mol. The van der Waals surface area contributed by atoms with Crippen molar-refractivity contribution in [3.63, 3.8) is 0 Å². The Morgan fingerprint density at radius 1 is 1.32 bits per heavy atom. The maximum atomic E-state index is 5.74. The van der Waals surface area contributed by atoms with Gasteiger partial charge in [0.2, 0.25) is 0 Å². The Morgan fingerprint density at radius 2 is 2.11 bits per heavy atom. The summed E-state index contributed by atoms with van der Waals surface area (Å²) in [5, 5.41) is 3.30. The van der Waals surface area contributed by atoms with E-state index in [0.717, 1.165) is 17.0 Å². The molecule has 1 unspecified atom stereocenters. The first-order valence-electron chi connectivity index (χ1n) is 6.52. The van der Waals surface area contributed by atoms with Gasteiger partial charge in [-0.05, 0) is 38.6 Å². The van der Waals surface area contributed by atoms with Crippen LogP contribution in [0.25, 0.3) is 0 Å². The van der Waals surface area contributed by atoms with Crippen molar-refractivity contribution in [3.8, 4) is 5.75 Å². The van der Waals surface area contributed by atoms with E-state index in [9.17, 15) is 0 Å². The van der Waals surface area contributed by atoms with Gasteiger partial charge < -0.3 is 14.6 Å². The summed E-state index contributed by atoms with van der Waals surface area (Å²) in [7, 11) is 3.91. The van der Waals surface area contributed by atoms with Crippen LogP contribution in [0, 0.1) is 0 Å². The summed E-state index contributed by atoms with van der Waals surface area (Å²) in [5.74, 6) is 0.892. The van der Waals surface area contributed by atoms with Crippen LogP contribution in [-0.2, 0) is 7.05 Å². The van der Waals surface area contributed by atoms with E-state index in [-0.39, 0.29) is 12.1 Å². The number of rotatable bonds is 5. The summed E-state index contributed by atoms with van der Waals surface area (Å²) in [6, 6.07) is 8.23. The van der Waals surface area contributed by atoms with Gasteiger partial charge >= 0.3 is 0 Å². The zero-order valence-corrected chi connectivity index (χ0v) is 11.9. The first kappa shape index (κ1) is 13.6. The molecular weight excluding hydrogens is 238 g/mol. The number of aromatic nitrogens is 2. The van der Waals surface area contributed by atoms with Crippen molar-refractivity contribution < 1.29 is 4.74 Å². The molecule has 1 N–H and O–H groups in total. The lowest BCUT2D eigenvalue weighted by molar-refractivity contribution is 0.242. The minimum Gasteiger partial charge on any atom is -0.491 e. The van der Waals surface area contributed by atoms with E-state index in [4.69, 9.17) is 4.74 Å². The fraction of sp³-hybridized carbons (Fsp3) is 0.400. The largest absolute Gasteiger partial charge is 0.491 e. The molecular formula is C15H21N3O. The van der Waals surface area contributed by atoms with E-state index in [0.29, 0.717) is 0 Å². The average molecular weight is 259 g/mol. The first-order chi connectivity index (χ1) is 9.10. The minimum atomic E-state index is 0.0805. The van der Waals surface area contributed by atoms with E-state index in [1.54, 1.807) is 0 Å². The van der Waals surface area contributed by atoms with Crippen molar-refractivity contribution in [2.24, 2.45) is 7.05 Å². The molecule has 0 spiro atoms. The van der Waals surface area contributed by atoms with Crippen molar-refractivity contribution in [1.29, 1.82) is 0 Å². The van der Waals surface area contributed by atoms with E-state index in [2.05, 4.69) is 22.4 Å². The maximum Gasteiger partial charge on any atom is 0.120 e. The van der Waals surface area contributed by atoms with Crippen LogP contribution in [-0.4, -0.2) is 22.7 Å². The summed E-state index contributed by atoms with van der Waals surface area (Å²) >= 11 is 0. The molecule has 2 rings (SSSR count). The van der Waals surface area contributed by atoms with Gasteiger partial charge in [-0.3, -0.25) is 0 Å². The number of nitrogens with zero attached hydrogens (tertiary/aromatic N) is 2. The van der Waals surface area contributed by atoms with Crippen LogP contribution in [0.1, 0.15) is 31.1 Å². The van der Waals surface area contributed by atoms with Crippen LogP contribution in [0.4, 0.5) is 0 Å². The number of ether oxygens (including phenoxy) is 1. The molecule has 0 radical (unpaired) electrons. The number of imidazole rings is 1. The third-order valence-corrected chi connectivity index (χ3v) is 2.87. The molecule has 4 nitrogen and oxygen atoms in total. The lowest BCUT2D eigenvalue weighted by Gasteiger charge is -2.16. The molecule has 1 atom stereocenters. The topological polar surface area (TPSA) is 39.1 Å². The van der Waals surface area contributed by atoms with Crippen LogP contribution < -0.4 is 10.1 Å². The zero-order chi connectivity index (χ0) is 13.8. The summed E-state index contributed by atoms with van der Waals surface area (Å²) < 4.78 is 7.69. The highest BCUT2D eigenvalue weighted by atomic mass is 16.5. The Kier molecular flexibility index (Phi) is 4.22. The van der Waals surface area contributed by atoms with Gasteiger partial charge in [0, 0.05) is 13.2 Å². The van der Waals surface area contributed by atoms with Crippen molar-refractivity contribution in [3.05, 3.63) is 48.0 Å². The van der Waals surface area contributed by atoms with Gasteiger partial charge in [0.15, 0.2) is 0 Å². The molecule has 1 heterocycles. The Hall–Kier alpha value is -1.81. The van der Waals surface area contributed by atoms with E-state index in [1.165, 1.54) is 0 Å². The van der Waals surface area contributed by atoms with Crippen LogP contribution in [0.3, 0.4) is 0 Å². The summed E-state index contributed by atoms with van der Waals surface area (Å²) in [5.41, 5.74) is 2.16. The third kappa shape index (κ3) is 3.35. The van der Waals surface area contributed by atoms with Gasteiger partial charge in [-0.2, -0.15) is 0 Å². The molecule has 0 aliphatic rings. The highest BCUT2D eigenvalue weighted by Gasteiger charge is 2.15. The predicted molar refractivity (Wildman–Crippen MR) is 76.3 cm³/mol. The molecule has 0 aliphatic carbocycles. The Labute approximate surface area is 114 Å². The number of benzene rings is 1. The zero-order valence-electron chi connectivity index (χ0n) is 11.9. The molecule has 0 amide bonds. The van der Waals surface area contributed by atoms with Gasteiger partial charge in [-0.15, -0.1) is 0 Å². The number of nitrogens with one attached hydrogen (secondary N) is 1. The molecule has 0 saturated heterocycles. The van der Waals surface area contributed by atoms with Crippen molar-refractivity contribution >= 4 is 0 Å². The van der Waals surface area contributed by atoms with E-state index in [1.807, 2.05) is 57.2 Å². The van der Waals surface area contributed by atoms with E-state index >= 15 is 0 Å². The molecule has 0 saturated carbocycles. The summed E-state index contributed by atoms with van der Waals surface area (Å²) in [6.07, 6.45) is 4.02. The highest BCUT2D eigenvalue weighted by Crippen LogP contribution is 2.24.